The summed E-state index contributed by atoms with van der Waals surface area (Å²) in [5.74, 6) is -0.112. The van der Waals surface area contributed by atoms with E-state index < -0.39 is 0 Å². The first kappa shape index (κ1) is 7.03. The Morgan fingerprint density at radius 3 is 2.83 bits per heavy atom. The van der Waals surface area contributed by atoms with Crippen LogP contribution in [0, 0.1) is 0 Å². The first-order chi connectivity index (χ1) is 5.83. The molecule has 0 aromatic heterocycles. The van der Waals surface area contributed by atoms with E-state index in [0.717, 1.165) is 11.1 Å². The summed E-state index contributed by atoms with van der Waals surface area (Å²) < 4.78 is 0. The van der Waals surface area contributed by atoms with Gasteiger partial charge in [-0.05, 0) is 5.56 Å². The summed E-state index contributed by atoms with van der Waals surface area (Å²) in [4.78, 5) is 11.2. The Kier molecular flexibility index (Phi) is 1.43. The molecule has 2 rings (SSSR count). The van der Waals surface area contributed by atoms with Crippen LogP contribution in [0.25, 0.3) is 0 Å². The summed E-state index contributed by atoms with van der Waals surface area (Å²) in [6.07, 6.45) is 0.357. The van der Waals surface area contributed by atoms with E-state index in [9.17, 15) is 4.79 Å². The molecule has 1 aliphatic carbocycles. The van der Waals surface area contributed by atoms with Crippen molar-refractivity contribution in [1.82, 2.24) is 0 Å². The van der Waals surface area contributed by atoms with Gasteiger partial charge in [-0.2, -0.15) is 0 Å². The molecule has 0 radical (unpaired) electrons. The van der Waals surface area contributed by atoms with E-state index >= 15 is 0 Å². The Hall–Kier alpha value is -1.64. The number of benzene rings is 1. The number of fused-ring (bicyclic) bond motifs is 1. The number of rotatable bonds is 0. The van der Waals surface area contributed by atoms with Crippen LogP contribution in [0.2, 0.25) is 0 Å². The molecule has 0 amide bonds. The van der Waals surface area contributed by atoms with Gasteiger partial charge in [0, 0.05) is 12.0 Å². The lowest BCUT2D eigenvalue weighted by Crippen LogP contribution is -2.07. The summed E-state index contributed by atoms with van der Waals surface area (Å²) in [6.45, 7) is 0. The Morgan fingerprint density at radius 2 is 2.08 bits per heavy atom. The number of hydrogen-bond donors (Lipinski definition) is 1. The molecule has 0 bridgehead atoms. The highest BCUT2D eigenvalue weighted by molar-refractivity contribution is 6.49. The summed E-state index contributed by atoms with van der Waals surface area (Å²) >= 11 is 0. The largest absolute Gasteiger partial charge is 0.410 e. The number of carbonyl (C=O) groups excluding carboxylic acids is 1. The van der Waals surface area contributed by atoms with Crippen LogP contribution in [0.5, 0.6) is 0 Å². The number of nitrogens with zero attached hydrogens (tertiary/aromatic N) is 1. The molecule has 12 heavy (non-hydrogen) atoms. The second-order valence-electron chi connectivity index (χ2n) is 2.71. The van der Waals surface area contributed by atoms with Crippen LogP contribution < -0.4 is 0 Å². The average Bonchev–Trinajstić information content (AvgIpc) is 2.40. The van der Waals surface area contributed by atoms with Crippen molar-refractivity contribution < 1.29 is 10.0 Å². The molecule has 3 heteroatoms. The van der Waals surface area contributed by atoms with Gasteiger partial charge in [-0.15, -0.1) is 0 Å². The van der Waals surface area contributed by atoms with E-state index in [1.807, 2.05) is 18.2 Å². The zero-order chi connectivity index (χ0) is 8.55. The molecule has 0 unspecified atom stereocenters. The quantitative estimate of drug-likeness (QED) is 0.455. The third-order valence-electron chi connectivity index (χ3n) is 1.99. The van der Waals surface area contributed by atoms with Gasteiger partial charge in [0.25, 0.3) is 0 Å². The molecule has 0 fully saturated rings. The highest BCUT2D eigenvalue weighted by Crippen LogP contribution is 2.19. The lowest BCUT2D eigenvalue weighted by atomic mass is 10.1. The predicted molar refractivity (Wildman–Crippen MR) is 43.5 cm³/mol. The first-order valence-corrected chi connectivity index (χ1v) is 3.66. The molecule has 0 saturated carbocycles. The number of Topliss-reactive ketones (excluding diaryl/α,β-unsaturated/α-hetero) is 1. The standard InChI is InChI=1S/C9H7NO2/c11-8-5-6-3-1-2-4-7(6)9(8)10-12/h1-4,12H,5H2/b10-9-. The average molecular weight is 161 g/mol. The number of hydrogen-bond acceptors (Lipinski definition) is 3. The van der Waals surface area contributed by atoms with Gasteiger partial charge < -0.3 is 5.21 Å². The molecular formula is C9H7NO2. The normalized spacial score (nSPS) is 18.3. The lowest BCUT2D eigenvalue weighted by molar-refractivity contribution is -0.112. The van der Waals surface area contributed by atoms with E-state index in [4.69, 9.17) is 5.21 Å². The lowest BCUT2D eigenvalue weighted by Gasteiger charge is -1.93. The van der Waals surface area contributed by atoms with Crippen molar-refractivity contribution in [3.63, 3.8) is 0 Å². The van der Waals surface area contributed by atoms with Crippen molar-refractivity contribution in [3.8, 4) is 0 Å². The van der Waals surface area contributed by atoms with E-state index in [-0.39, 0.29) is 11.5 Å². The maximum absolute atomic E-state index is 11.2. The molecule has 1 N–H and O–H groups in total. The van der Waals surface area contributed by atoms with Gasteiger partial charge in [0.2, 0.25) is 0 Å². The summed E-state index contributed by atoms with van der Waals surface area (Å²) in [5, 5.41) is 11.5. The van der Waals surface area contributed by atoms with Crippen LogP contribution in [0.1, 0.15) is 11.1 Å². The number of carbonyl (C=O) groups is 1. The third kappa shape index (κ3) is 0.830. The summed E-state index contributed by atoms with van der Waals surface area (Å²) in [5.41, 5.74) is 1.88. The van der Waals surface area contributed by atoms with Crippen molar-refractivity contribution in [2.45, 2.75) is 6.42 Å². The highest BCUT2D eigenvalue weighted by atomic mass is 16.4. The number of oxime groups is 1. The van der Waals surface area contributed by atoms with Gasteiger partial charge in [-0.1, -0.05) is 29.4 Å². The zero-order valence-corrected chi connectivity index (χ0v) is 6.32. The third-order valence-corrected chi connectivity index (χ3v) is 1.99. The Balaban J connectivity index is 2.62. The fraction of sp³-hybridized carbons (Fsp3) is 0.111. The van der Waals surface area contributed by atoms with Crippen LogP contribution in [-0.4, -0.2) is 16.7 Å². The fourth-order valence-corrected chi connectivity index (χ4v) is 1.42. The van der Waals surface area contributed by atoms with E-state index in [2.05, 4.69) is 5.16 Å². The fourth-order valence-electron chi connectivity index (χ4n) is 1.42. The second-order valence-corrected chi connectivity index (χ2v) is 2.71. The molecule has 3 nitrogen and oxygen atoms in total. The van der Waals surface area contributed by atoms with Crippen LogP contribution in [0.15, 0.2) is 29.4 Å². The van der Waals surface area contributed by atoms with Crippen LogP contribution in [0.4, 0.5) is 0 Å². The van der Waals surface area contributed by atoms with Gasteiger partial charge in [-0.25, -0.2) is 0 Å². The summed E-state index contributed by atoms with van der Waals surface area (Å²) in [6, 6.07) is 7.34. The molecule has 0 atom stereocenters. The molecule has 0 heterocycles. The maximum atomic E-state index is 11.2. The van der Waals surface area contributed by atoms with Gasteiger partial charge in [0.15, 0.2) is 11.5 Å². The highest BCUT2D eigenvalue weighted by Gasteiger charge is 2.25. The minimum Gasteiger partial charge on any atom is -0.410 e. The smallest absolute Gasteiger partial charge is 0.189 e. The van der Waals surface area contributed by atoms with Gasteiger partial charge >= 0.3 is 0 Å². The van der Waals surface area contributed by atoms with Crippen LogP contribution >= 0.6 is 0 Å². The predicted octanol–water partition coefficient (Wildman–Crippen LogP) is 0.990. The SMILES string of the molecule is O=C1Cc2ccccc2/C1=N/O. The molecule has 1 aromatic carbocycles. The van der Waals surface area contributed by atoms with E-state index in [1.165, 1.54) is 0 Å². The van der Waals surface area contributed by atoms with Crippen molar-refractivity contribution >= 4 is 11.5 Å². The van der Waals surface area contributed by atoms with Gasteiger partial charge in [0.05, 0.1) is 0 Å². The zero-order valence-electron chi connectivity index (χ0n) is 6.32. The maximum Gasteiger partial charge on any atom is 0.189 e. The number of ketones is 1. The van der Waals surface area contributed by atoms with Crippen LogP contribution in [-0.2, 0) is 11.2 Å². The molecule has 0 saturated heterocycles. The minimum atomic E-state index is -0.112. The van der Waals surface area contributed by atoms with Crippen molar-refractivity contribution in [2.75, 3.05) is 0 Å². The summed E-state index contributed by atoms with van der Waals surface area (Å²) in [7, 11) is 0. The van der Waals surface area contributed by atoms with Crippen molar-refractivity contribution in [2.24, 2.45) is 5.16 Å². The Labute approximate surface area is 69.3 Å². The van der Waals surface area contributed by atoms with Crippen LogP contribution in [0.3, 0.4) is 0 Å². The monoisotopic (exact) mass is 161 g/mol. The van der Waals surface area contributed by atoms with E-state index in [0.29, 0.717) is 6.42 Å². The topological polar surface area (TPSA) is 49.7 Å². The molecular weight excluding hydrogens is 154 g/mol. The van der Waals surface area contributed by atoms with E-state index in [1.54, 1.807) is 6.07 Å². The van der Waals surface area contributed by atoms with Gasteiger partial charge in [0.1, 0.15) is 0 Å². The minimum absolute atomic E-state index is 0.112. The molecule has 0 aliphatic heterocycles. The molecule has 1 aromatic rings. The molecule has 60 valence electrons. The first-order valence-electron chi connectivity index (χ1n) is 3.66. The molecule has 0 spiro atoms. The second kappa shape index (κ2) is 2.44. The Bertz CT molecular complexity index is 369. The van der Waals surface area contributed by atoms with Crippen molar-refractivity contribution in [1.29, 1.82) is 0 Å². The van der Waals surface area contributed by atoms with Gasteiger partial charge in [-0.3, -0.25) is 4.79 Å². The Morgan fingerprint density at radius 1 is 1.33 bits per heavy atom. The molecule has 1 aliphatic rings. The van der Waals surface area contributed by atoms with Crippen molar-refractivity contribution in [3.05, 3.63) is 35.4 Å².